The van der Waals surface area contributed by atoms with Crippen LogP contribution < -0.4 is 5.19 Å². The Kier molecular flexibility index (Phi) is 11.9. The molecule has 8 rings (SSSR count). The molecule has 3 aromatic heterocycles. The number of benzene rings is 5. The molecule has 0 saturated heterocycles. The van der Waals surface area contributed by atoms with Gasteiger partial charge >= 0.3 is 0 Å². The minimum absolute atomic E-state index is 0. The summed E-state index contributed by atoms with van der Waals surface area (Å²) in [7, 11) is -1.34. The molecule has 0 unspecified atom stereocenters. The van der Waals surface area contributed by atoms with Crippen molar-refractivity contribution in [2.45, 2.75) is 66.1 Å². The zero-order valence-corrected chi connectivity index (χ0v) is 36.5. The van der Waals surface area contributed by atoms with E-state index in [9.17, 15) is 0 Å². The van der Waals surface area contributed by atoms with E-state index in [1.807, 2.05) is 54.6 Å². The topological polar surface area (TPSA) is 43.9 Å². The summed E-state index contributed by atoms with van der Waals surface area (Å²) in [5.41, 5.74) is 12.2. The number of imidazole rings is 1. The summed E-state index contributed by atoms with van der Waals surface area (Å²) in [5.74, 6) is 1.49. The van der Waals surface area contributed by atoms with Gasteiger partial charge in [-0.1, -0.05) is 144 Å². The number of nitrogens with zero attached hydrogens (tertiary/aromatic N) is 3. The van der Waals surface area contributed by atoms with Crippen molar-refractivity contribution >= 4 is 35.3 Å². The van der Waals surface area contributed by atoms with Crippen LogP contribution in [0, 0.1) is 18.2 Å². The number of aromatic nitrogens is 3. The first kappa shape index (κ1) is 39.8. The van der Waals surface area contributed by atoms with E-state index < -0.39 is 8.07 Å². The molecule has 0 bridgehead atoms. The maximum absolute atomic E-state index is 5.72. The van der Waals surface area contributed by atoms with Crippen LogP contribution in [-0.2, 0) is 31.9 Å². The Bertz CT molecular complexity index is 2500. The van der Waals surface area contributed by atoms with Gasteiger partial charge < -0.3 is 14.0 Å². The number of hydrogen-bond acceptors (Lipinski definition) is 3. The van der Waals surface area contributed by atoms with Crippen LogP contribution in [0.25, 0.3) is 61.5 Å². The summed E-state index contributed by atoms with van der Waals surface area (Å²) in [4.78, 5) is 9.65. The predicted octanol–water partition coefficient (Wildman–Crippen LogP) is 12.5. The van der Waals surface area contributed by atoms with Gasteiger partial charge in [-0.2, -0.15) is 0 Å². The Balaban J connectivity index is 0.000000211. The molecule has 4 nitrogen and oxygen atoms in total. The van der Waals surface area contributed by atoms with Gasteiger partial charge in [-0.05, 0) is 69.6 Å². The molecule has 3 heterocycles. The Morgan fingerprint density at radius 2 is 1.44 bits per heavy atom. The second-order valence-electron chi connectivity index (χ2n) is 16.6. The molecule has 0 aliphatic rings. The van der Waals surface area contributed by atoms with Crippen LogP contribution in [0.2, 0.25) is 19.6 Å². The molecule has 0 atom stereocenters. The molecule has 8 aromatic rings. The van der Waals surface area contributed by atoms with Crippen molar-refractivity contribution in [3.63, 3.8) is 0 Å². The molecule has 6 heteroatoms. The van der Waals surface area contributed by atoms with Crippen molar-refractivity contribution in [3.8, 4) is 39.5 Å². The number of fused-ring (bicyclic) bond motifs is 2. The second-order valence-corrected chi connectivity index (χ2v) is 21.6. The van der Waals surface area contributed by atoms with Gasteiger partial charge in [0.2, 0.25) is 0 Å². The Labute approximate surface area is 341 Å². The molecule has 0 amide bonds. The minimum atomic E-state index is -1.34. The van der Waals surface area contributed by atoms with Gasteiger partial charge in [0.15, 0.2) is 0 Å². The molecule has 1 radical (unpaired) electrons. The molecular weight excluding hydrogens is 867 g/mol. The summed E-state index contributed by atoms with van der Waals surface area (Å²) in [6.45, 7) is 18.5. The molecule has 0 N–H and O–H groups in total. The summed E-state index contributed by atoms with van der Waals surface area (Å²) < 4.78 is 7.91. The smallest absolute Gasteiger partial charge is 0.0798 e. The Morgan fingerprint density at radius 1 is 0.782 bits per heavy atom. The van der Waals surface area contributed by atoms with Crippen LogP contribution in [0.4, 0.5) is 0 Å². The van der Waals surface area contributed by atoms with Gasteiger partial charge in [-0.25, -0.2) is 0 Å². The molecule has 0 aliphatic carbocycles. The van der Waals surface area contributed by atoms with Crippen molar-refractivity contribution in [1.29, 1.82) is 0 Å². The van der Waals surface area contributed by atoms with Crippen LogP contribution >= 0.6 is 0 Å². The van der Waals surface area contributed by atoms with E-state index >= 15 is 0 Å². The van der Waals surface area contributed by atoms with Crippen LogP contribution in [-0.4, -0.2) is 22.6 Å². The summed E-state index contributed by atoms with van der Waals surface area (Å²) in [6, 6.07) is 47.4. The molecule has 55 heavy (non-hydrogen) atoms. The number of pyridine rings is 1. The Morgan fingerprint density at radius 3 is 2.09 bits per heavy atom. The third-order valence-electron chi connectivity index (χ3n) is 9.82. The molecule has 0 aliphatic heterocycles. The van der Waals surface area contributed by atoms with Crippen LogP contribution in [0.15, 0.2) is 138 Å². The van der Waals surface area contributed by atoms with Gasteiger partial charge in [-0.15, -0.1) is 42.0 Å². The maximum Gasteiger partial charge on any atom is 0.0798 e. The third kappa shape index (κ3) is 8.83. The summed E-state index contributed by atoms with van der Waals surface area (Å²) >= 11 is 0. The van der Waals surface area contributed by atoms with Crippen molar-refractivity contribution in [2.75, 3.05) is 0 Å². The number of para-hydroxylation sites is 3. The first-order valence-corrected chi connectivity index (χ1v) is 22.4. The normalized spacial score (nSPS) is 11.7. The van der Waals surface area contributed by atoms with E-state index in [1.54, 1.807) is 0 Å². The van der Waals surface area contributed by atoms with E-state index in [2.05, 4.69) is 155 Å². The van der Waals surface area contributed by atoms with Crippen LogP contribution in [0.3, 0.4) is 0 Å². The van der Waals surface area contributed by atoms with Crippen LogP contribution in [0.5, 0.6) is 0 Å². The first-order chi connectivity index (χ1) is 25.9. The molecule has 0 saturated carbocycles. The number of furan rings is 1. The van der Waals surface area contributed by atoms with Crippen LogP contribution in [0.1, 0.15) is 45.7 Å². The van der Waals surface area contributed by atoms with Crippen molar-refractivity contribution < 1.29 is 24.5 Å². The average Bonchev–Trinajstić information content (AvgIpc) is 3.76. The van der Waals surface area contributed by atoms with Crippen molar-refractivity contribution in [1.82, 2.24) is 14.5 Å². The fraction of sp³-hybridized carbons (Fsp3) is 0.224. The number of rotatable bonds is 7. The summed E-state index contributed by atoms with van der Waals surface area (Å²) in [6.07, 6.45) is 6.34. The maximum atomic E-state index is 5.72. The largest absolute Gasteiger partial charge is 0.557 e. The molecule has 0 fully saturated rings. The fourth-order valence-corrected chi connectivity index (χ4v) is 8.58. The standard InChI is InChI=1S/C31H25N2O.C18H24NSi.Ir/c1-31(2,3)23-16-12-21(13-17-23)22-14-18-24(19-15-22)33-28-10-6-5-9-27(28)32-30(33)26-20-34-29-11-7-4-8-25(26)29;1-14(2)11-16-12-17(15-9-7-6-8-10-15)19-13-18(16)20(3,4)5;/h4-19H,1-3H3;6-9,12-14H,11H2,1-5H3;/q2*-1;. The SMILES string of the molecule is CC(C)(C)c1ccc(-c2ccc(-n3c(-c4[c-]oc5ccccc45)nc4ccccc43)cc2)cc1.CC(C)Cc1cc(-c2[c-]cccc2)ncc1[Si](C)(C)C.[Ir]. The third-order valence-corrected chi connectivity index (χ3v) is 11.9. The van der Waals surface area contributed by atoms with E-state index in [4.69, 9.17) is 9.40 Å². The van der Waals surface area contributed by atoms with E-state index in [0.29, 0.717) is 5.92 Å². The quantitative estimate of drug-likeness (QED) is 0.118. The molecule has 281 valence electrons. The average molecular weight is 916 g/mol. The van der Waals surface area contributed by atoms with Crippen molar-refractivity contribution in [2.24, 2.45) is 5.92 Å². The van der Waals surface area contributed by atoms with Gasteiger partial charge in [0.05, 0.1) is 24.9 Å². The molecular formula is C49H49IrN3OSi-2. The van der Waals surface area contributed by atoms with E-state index in [0.717, 1.165) is 56.8 Å². The van der Waals surface area contributed by atoms with E-state index in [-0.39, 0.29) is 25.5 Å². The van der Waals surface area contributed by atoms with Gasteiger partial charge in [0.25, 0.3) is 0 Å². The molecule has 5 aromatic carbocycles. The van der Waals surface area contributed by atoms with Gasteiger partial charge in [0.1, 0.15) is 0 Å². The number of hydrogen-bond donors (Lipinski definition) is 0. The van der Waals surface area contributed by atoms with E-state index in [1.165, 1.54) is 27.4 Å². The zero-order valence-electron chi connectivity index (χ0n) is 33.1. The predicted molar refractivity (Wildman–Crippen MR) is 229 cm³/mol. The first-order valence-electron chi connectivity index (χ1n) is 18.9. The summed E-state index contributed by atoms with van der Waals surface area (Å²) in [5, 5.41) is 2.50. The second kappa shape index (κ2) is 16.5. The fourth-order valence-electron chi connectivity index (χ4n) is 6.99. The van der Waals surface area contributed by atoms with Gasteiger partial charge in [0, 0.05) is 43.8 Å². The van der Waals surface area contributed by atoms with Gasteiger partial charge in [-0.3, -0.25) is 4.98 Å². The van der Waals surface area contributed by atoms with Crippen molar-refractivity contribution in [3.05, 3.63) is 157 Å². The minimum Gasteiger partial charge on any atom is -0.557 e. The zero-order chi connectivity index (χ0) is 38.0. The molecule has 0 spiro atoms. The monoisotopic (exact) mass is 916 g/mol. The Hall–Kier alpha value is -4.87.